The van der Waals surface area contributed by atoms with E-state index in [0.29, 0.717) is 6.42 Å². The van der Waals surface area contributed by atoms with Gasteiger partial charge in [-0.2, -0.15) is 8.42 Å². The maximum Gasteiger partial charge on any atom is 0.267 e. The third kappa shape index (κ3) is 19.0. The van der Waals surface area contributed by atoms with Gasteiger partial charge in [-0.15, -0.1) is 0 Å². The summed E-state index contributed by atoms with van der Waals surface area (Å²) in [6.07, 6.45) is 20.6. The van der Waals surface area contributed by atoms with E-state index in [1.165, 1.54) is 70.6 Å². The number of hydrogen-bond donors (Lipinski definition) is 2. The smallest absolute Gasteiger partial charge is 0.267 e. The summed E-state index contributed by atoms with van der Waals surface area (Å²) >= 11 is 0. The molecule has 0 aromatic heterocycles. The molecule has 0 saturated heterocycles. The minimum atomic E-state index is -3.84. The molecule has 0 rings (SSSR count). The van der Waals surface area contributed by atoms with Crippen LogP contribution in [0.1, 0.15) is 129 Å². The molecular weight excluding hydrogens is 360 g/mol. The van der Waals surface area contributed by atoms with E-state index in [1.54, 1.807) is 6.92 Å². The van der Waals surface area contributed by atoms with Gasteiger partial charge in [0.2, 0.25) is 0 Å². The van der Waals surface area contributed by atoms with E-state index in [4.69, 9.17) is 4.55 Å². The summed E-state index contributed by atoms with van der Waals surface area (Å²) in [5.74, 6) is 0. The van der Waals surface area contributed by atoms with E-state index in [0.717, 1.165) is 38.5 Å². The van der Waals surface area contributed by atoms with Crippen molar-refractivity contribution in [2.24, 2.45) is 0 Å². The fourth-order valence-corrected chi connectivity index (χ4v) is 3.97. The van der Waals surface area contributed by atoms with Crippen molar-refractivity contribution in [3.8, 4) is 0 Å². The molecule has 0 fully saturated rings. The first kappa shape index (κ1) is 26.9. The zero-order valence-electron chi connectivity index (χ0n) is 18.0. The van der Waals surface area contributed by atoms with Gasteiger partial charge in [-0.1, -0.05) is 103 Å². The van der Waals surface area contributed by atoms with Crippen LogP contribution in [0, 0.1) is 0 Å². The Morgan fingerprint density at radius 1 is 0.630 bits per heavy atom. The van der Waals surface area contributed by atoms with Crippen molar-refractivity contribution < 1.29 is 18.1 Å². The number of aliphatic hydroxyl groups is 1. The van der Waals surface area contributed by atoms with Gasteiger partial charge < -0.3 is 5.11 Å². The molecule has 0 aliphatic heterocycles. The molecule has 2 N–H and O–H groups in total. The Kier molecular flexibility index (Phi) is 17.8. The zero-order valence-corrected chi connectivity index (χ0v) is 18.8. The monoisotopic (exact) mass is 406 g/mol. The minimum absolute atomic E-state index is 0.0812. The van der Waals surface area contributed by atoms with Crippen molar-refractivity contribution in [3.05, 3.63) is 0 Å². The second-order valence-electron chi connectivity index (χ2n) is 8.30. The highest BCUT2D eigenvalue weighted by Crippen LogP contribution is 2.16. The van der Waals surface area contributed by atoms with Crippen LogP contribution in [0.5, 0.6) is 0 Å². The molecule has 4 nitrogen and oxygen atoms in total. The summed E-state index contributed by atoms with van der Waals surface area (Å²) in [5, 5.41) is 9.31. The molecule has 0 spiro atoms. The first-order chi connectivity index (χ1) is 12.9. The van der Waals surface area contributed by atoms with Crippen molar-refractivity contribution in [1.82, 2.24) is 0 Å². The molecule has 164 valence electrons. The summed E-state index contributed by atoms with van der Waals surface area (Å²) in [5.41, 5.74) is 0. The third-order valence-electron chi connectivity index (χ3n) is 5.55. The normalized spacial score (nSPS) is 14.4. The predicted octanol–water partition coefficient (Wildman–Crippen LogP) is 6.67. The second-order valence-corrected chi connectivity index (χ2v) is 10.1. The quantitative estimate of drug-likeness (QED) is 0.175. The molecule has 0 saturated carbocycles. The van der Waals surface area contributed by atoms with Crippen LogP contribution < -0.4 is 0 Å². The lowest BCUT2D eigenvalue weighted by molar-refractivity contribution is 0.147. The Bertz CT molecular complexity index is 409. The Morgan fingerprint density at radius 3 is 1.33 bits per heavy atom. The van der Waals surface area contributed by atoms with Gasteiger partial charge in [0.25, 0.3) is 10.1 Å². The molecule has 0 amide bonds. The van der Waals surface area contributed by atoms with Crippen LogP contribution in [0.2, 0.25) is 0 Å². The highest BCUT2D eigenvalue weighted by molar-refractivity contribution is 7.86. The average Bonchev–Trinajstić information content (AvgIpc) is 2.61. The van der Waals surface area contributed by atoms with E-state index >= 15 is 0 Å². The van der Waals surface area contributed by atoms with Crippen LogP contribution in [0.4, 0.5) is 0 Å². The van der Waals surface area contributed by atoms with Crippen LogP contribution >= 0.6 is 0 Å². The molecule has 27 heavy (non-hydrogen) atoms. The molecule has 2 atom stereocenters. The minimum Gasteiger partial charge on any atom is -0.393 e. The number of unbranched alkanes of at least 4 members (excludes halogenated alkanes) is 13. The van der Waals surface area contributed by atoms with Gasteiger partial charge in [0.05, 0.1) is 11.4 Å². The molecular formula is C22H46O4S. The maximum absolute atomic E-state index is 10.9. The highest BCUT2D eigenvalue weighted by atomic mass is 32.2. The second kappa shape index (κ2) is 17.9. The summed E-state index contributed by atoms with van der Waals surface area (Å²) < 4.78 is 30.7. The lowest BCUT2D eigenvalue weighted by Gasteiger charge is -2.10. The van der Waals surface area contributed by atoms with Gasteiger partial charge in [-0.05, 0) is 26.2 Å². The van der Waals surface area contributed by atoms with Gasteiger partial charge in [0, 0.05) is 0 Å². The average molecular weight is 407 g/mol. The van der Waals surface area contributed by atoms with Crippen LogP contribution in [0.15, 0.2) is 0 Å². The van der Waals surface area contributed by atoms with Crippen LogP contribution in [-0.4, -0.2) is 29.4 Å². The topological polar surface area (TPSA) is 74.6 Å². The molecule has 5 heteroatoms. The lowest BCUT2D eigenvalue weighted by Crippen LogP contribution is -2.16. The summed E-state index contributed by atoms with van der Waals surface area (Å²) in [4.78, 5) is 0. The molecule has 0 bridgehead atoms. The largest absolute Gasteiger partial charge is 0.393 e. The molecule has 0 aromatic rings. The van der Waals surface area contributed by atoms with E-state index in [9.17, 15) is 13.5 Å². The van der Waals surface area contributed by atoms with E-state index < -0.39 is 15.4 Å². The first-order valence-electron chi connectivity index (χ1n) is 11.5. The van der Waals surface area contributed by atoms with Crippen LogP contribution in [0.25, 0.3) is 0 Å². The summed E-state index contributed by atoms with van der Waals surface area (Å²) in [7, 11) is -3.84. The number of hydrogen-bond acceptors (Lipinski definition) is 3. The maximum atomic E-state index is 10.9. The zero-order chi connectivity index (χ0) is 20.4. The highest BCUT2D eigenvalue weighted by Gasteiger charge is 2.15. The fourth-order valence-electron chi connectivity index (χ4n) is 3.50. The van der Waals surface area contributed by atoms with E-state index in [1.807, 2.05) is 0 Å². The van der Waals surface area contributed by atoms with Gasteiger partial charge in [0.15, 0.2) is 0 Å². The lowest BCUT2D eigenvalue weighted by atomic mass is 10.0. The van der Waals surface area contributed by atoms with Gasteiger partial charge in [0.1, 0.15) is 0 Å². The molecule has 2 unspecified atom stereocenters. The van der Waals surface area contributed by atoms with Crippen LogP contribution in [-0.2, 0) is 10.1 Å². The van der Waals surface area contributed by atoms with E-state index in [-0.39, 0.29) is 6.10 Å². The molecule has 0 aliphatic carbocycles. The summed E-state index contributed by atoms with van der Waals surface area (Å²) in [6, 6.07) is 0. The Hall–Kier alpha value is -0.130. The molecule has 0 aliphatic rings. The standard InChI is InChI=1S/C22H46O4S/c1-3-4-5-16-19-22(23)20-17-14-12-10-8-6-7-9-11-13-15-18-21(2)27(24,25)26/h21-23H,3-20H2,1-2H3,(H,24,25,26). The summed E-state index contributed by atoms with van der Waals surface area (Å²) in [6.45, 7) is 3.79. The SMILES string of the molecule is CCCCCCC(O)CCCCCCCCCCCCCC(C)S(=O)(=O)O. The molecule has 0 aromatic carbocycles. The predicted molar refractivity (Wildman–Crippen MR) is 116 cm³/mol. The Balaban J connectivity index is 3.23. The van der Waals surface area contributed by atoms with Crippen molar-refractivity contribution in [1.29, 1.82) is 0 Å². The van der Waals surface area contributed by atoms with Gasteiger partial charge >= 0.3 is 0 Å². The van der Waals surface area contributed by atoms with Gasteiger partial charge in [-0.25, -0.2) is 0 Å². The van der Waals surface area contributed by atoms with Crippen molar-refractivity contribution in [2.75, 3.05) is 0 Å². The Labute approximate surface area is 169 Å². The van der Waals surface area contributed by atoms with Crippen molar-refractivity contribution in [3.63, 3.8) is 0 Å². The van der Waals surface area contributed by atoms with Crippen molar-refractivity contribution >= 4 is 10.1 Å². The van der Waals surface area contributed by atoms with E-state index in [2.05, 4.69) is 6.92 Å². The number of rotatable bonds is 20. The fraction of sp³-hybridized carbons (Fsp3) is 1.00. The van der Waals surface area contributed by atoms with Crippen molar-refractivity contribution in [2.45, 2.75) is 141 Å². The molecule has 0 heterocycles. The first-order valence-corrected chi connectivity index (χ1v) is 13.0. The van der Waals surface area contributed by atoms with Crippen LogP contribution in [0.3, 0.4) is 0 Å². The third-order valence-corrected chi connectivity index (χ3v) is 6.80. The molecule has 0 radical (unpaired) electrons. The Morgan fingerprint density at radius 2 is 0.963 bits per heavy atom. The van der Waals surface area contributed by atoms with Gasteiger partial charge in [-0.3, -0.25) is 4.55 Å². The number of aliphatic hydroxyl groups excluding tert-OH is 1.